The summed E-state index contributed by atoms with van der Waals surface area (Å²) in [6, 6.07) is 16.4. The van der Waals surface area contributed by atoms with Crippen molar-refractivity contribution in [1.82, 2.24) is 15.1 Å². The second kappa shape index (κ2) is 16.6. The maximum atomic E-state index is 14.5. The zero-order chi connectivity index (χ0) is 41.5. The van der Waals surface area contributed by atoms with Gasteiger partial charge >= 0.3 is 0 Å². The molecule has 0 aromatic heterocycles. The Hall–Kier alpha value is -5.14. The minimum atomic E-state index is -0.975. The monoisotopic (exact) mass is 828 g/mol. The molecule has 0 bridgehead atoms. The molecule has 7 rings (SSSR count). The summed E-state index contributed by atoms with van der Waals surface area (Å²) in [6.45, 7) is 10.6. The van der Waals surface area contributed by atoms with Gasteiger partial charge in [-0.15, -0.1) is 0 Å². The fourth-order valence-corrected chi connectivity index (χ4v) is 8.84. The van der Waals surface area contributed by atoms with Gasteiger partial charge in [-0.25, -0.2) is 4.39 Å². The maximum absolute atomic E-state index is 14.5. The first-order chi connectivity index (χ1) is 27.6. The fourth-order valence-electron chi connectivity index (χ4n) is 8.10. The number of nitrogens with one attached hydrogen (secondary N) is 3. The van der Waals surface area contributed by atoms with E-state index in [-0.39, 0.29) is 53.5 Å². The SMILES string of the molecule is C[C@@H]1CN(CCOc2ccc(N3C(=S)N(c4ccc(C#N)c(Cl)c4)C(=O)C3(C)C)cc2C2CC2)C[C@H](C)N1CC(=O)Nc1cc(F)cc(NC2CCC(=O)NC2=O)c1. The number of ether oxygens (including phenoxy) is 1. The lowest BCUT2D eigenvalue weighted by molar-refractivity contribution is -0.133. The van der Waals surface area contributed by atoms with Gasteiger partial charge in [0.25, 0.3) is 5.91 Å². The molecule has 3 aromatic carbocycles. The number of hydrogen-bond donors (Lipinski definition) is 3. The summed E-state index contributed by atoms with van der Waals surface area (Å²) in [5.41, 5.74) is 2.32. The van der Waals surface area contributed by atoms with Crippen LogP contribution in [0.15, 0.2) is 54.6 Å². The number of halogens is 2. The molecule has 58 heavy (non-hydrogen) atoms. The van der Waals surface area contributed by atoms with Crippen LogP contribution in [0.2, 0.25) is 5.02 Å². The molecule has 1 aliphatic carbocycles. The molecule has 0 radical (unpaired) electrons. The molecule has 16 heteroatoms. The molecule has 3 N–H and O–H groups in total. The molecule has 13 nitrogen and oxygen atoms in total. The number of thiocarbonyl (C=S) groups is 1. The highest BCUT2D eigenvalue weighted by Crippen LogP contribution is 2.47. The van der Waals surface area contributed by atoms with Crippen molar-refractivity contribution in [2.24, 2.45) is 0 Å². The molecule has 1 unspecified atom stereocenters. The third-order valence-electron chi connectivity index (χ3n) is 11.2. The first kappa shape index (κ1) is 41.0. The van der Waals surface area contributed by atoms with Crippen molar-refractivity contribution in [3.8, 4) is 11.8 Å². The number of benzene rings is 3. The Kier molecular flexibility index (Phi) is 11.8. The van der Waals surface area contributed by atoms with Gasteiger partial charge in [-0.1, -0.05) is 11.6 Å². The van der Waals surface area contributed by atoms with E-state index in [2.05, 4.69) is 45.7 Å². The summed E-state index contributed by atoms with van der Waals surface area (Å²) in [6.07, 6.45) is 2.58. The van der Waals surface area contributed by atoms with Crippen LogP contribution < -0.4 is 30.5 Å². The molecular weight excluding hydrogens is 783 g/mol. The van der Waals surface area contributed by atoms with Crippen LogP contribution >= 0.6 is 23.8 Å². The first-order valence-electron chi connectivity index (χ1n) is 19.5. The molecule has 3 atom stereocenters. The Labute approximate surface area is 347 Å². The van der Waals surface area contributed by atoms with E-state index in [0.29, 0.717) is 47.5 Å². The van der Waals surface area contributed by atoms with E-state index in [1.54, 1.807) is 24.3 Å². The number of piperazine rings is 1. The van der Waals surface area contributed by atoms with Crippen LogP contribution in [0.1, 0.15) is 70.4 Å². The molecular formula is C42H46ClFN8O5S. The topological polar surface area (TPSA) is 150 Å². The number of anilines is 4. The summed E-state index contributed by atoms with van der Waals surface area (Å²) >= 11 is 12.2. The van der Waals surface area contributed by atoms with Gasteiger partial charge in [0.2, 0.25) is 17.7 Å². The maximum Gasteiger partial charge on any atom is 0.259 e. The summed E-state index contributed by atoms with van der Waals surface area (Å²) in [5.74, 6) is -0.690. The summed E-state index contributed by atoms with van der Waals surface area (Å²) in [7, 11) is 0. The van der Waals surface area contributed by atoms with Crippen LogP contribution in [0, 0.1) is 17.1 Å². The Morgan fingerprint density at radius 3 is 2.40 bits per heavy atom. The van der Waals surface area contributed by atoms with E-state index < -0.39 is 23.3 Å². The predicted octanol–water partition coefficient (Wildman–Crippen LogP) is 5.77. The normalized spacial score (nSPS) is 22.5. The first-order valence-corrected chi connectivity index (χ1v) is 20.3. The molecule has 3 saturated heterocycles. The molecule has 1 saturated carbocycles. The predicted molar refractivity (Wildman–Crippen MR) is 224 cm³/mol. The number of carbonyl (C=O) groups excluding carboxylic acids is 4. The van der Waals surface area contributed by atoms with Gasteiger partial charge in [-0.2, -0.15) is 5.26 Å². The summed E-state index contributed by atoms with van der Waals surface area (Å²) < 4.78 is 20.9. The number of piperidine rings is 1. The van der Waals surface area contributed by atoms with Crippen molar-refractivity contribution in [2.75, 3.05) is 53.2 Å². The van der Waals surface area contributed by atoms with E-state index in [1.807, 2.05) is 36.9 Å². The Morgan fingerprint density at radius 1 is 1.02 bits per heavy atom. The third kappa shape index (κ3) is 8.66. The molecule has 304 valence electrons. The van der Waals surface area contributed by atoms with Gasteiger partial charge in [0.1, 0.15) is 35.8 Å². The fraction of sp³-hybridized carbons (Fsp3) is 0.429. The Morgan fingerprint density at radius 2 is 1.72 bits per heavy atom. The van der Waals surface area contributed by atoms with Crippen molar-refractivity contribution < 1.29 is 28.3 Å². The van der Waals surface area contributed by atoms with E-state index in [4.69, 9.17) is 28.6 Å². The average molecular weight is 829 g/mol. The standard InChI is InChI=1S/C42H46ClFN8O5S/c1-24-21-49(22-25(2)50(24)23-38(54)47-30-16-28(44)15-29(17-30)46-35-10-12-37(53)48-39(35)55)13-14-57-36-11-9-32(18-33(36)26-5-6-26)52-41(58)51(40(56)42(52,3)4)31-8-7-27(20-45)34(43)19-31/h7-9,11,15-19,24-26,35,46H,5-6,10,12-14,21-23H2,1-4H3,(H,47,54)(H,48,53,55)/t24-,25+,35?. The lowest BCUT2D eigenvalue weighted by atomic mass is 10.0. The van der Waals surface area contributed by atoms with Gasteiger partial charge in [0, 0.05) is 55.2 Å². The van der Waals surface area contributed by atoms with Gasteiger partial charge in [0.05, 0.1) is 22.8 Å². The van der Waals surface area contributed by atoms with Gasteiger partial charge in [-0.05, 0) is 125 Å². The van der Waals surface area contributed by atoms with E-state index >= 15 is 0 Å². The zero-order valence-electron chi connectivity index (χ0n) is 32.8. The smallest absolute Gasteiger partial charge is 0.259 e. The number of amides is 4. The zero-order valence-corrected chi connectivity index (χ0v) is 34.4. The molecule has 3 aliphatic heterocycles. The Bertz CT molecular complexity index is 2200. The van der Waals surface area contributed by atoms with E-state index in [1.165, 1.54) is 17.0 Å². The molecule has 0 spiro atoms. The molecule has 3 heterocycles. The molecule has 3 aromatic rings. The van der Waals surface area contributed by atoms with Gasteiger partial charge < -0.3 is 20.3 Å². The number of carbonyl (C=O) groups is 4. The number of imide groups is 1. The lowest BCUT2D eigenvalue weighted by Gasteiger charge is -2.44. The average Bonchev–Trinajstić information content (AvgIpc) is 3.98. The van der Waals surface area contributed by atoms with E-state index in [9.17, 15) is 28.8 Å². The minimum Gasteiger partial charge on any atom is -0.492 e. The van der Waals surface area contributed by atoms with Crippen molar-refractivity contribution >= 4 is 75.3 Å². The van der Waals surface area contributed by atoms with Gasteiger partial charge in [0.15, 0.2) is 5.11 Å². The van der Waals surface area contributed by atoms with Gasteiger partial charge in [-0.3, -0.25) is 39.2 Å². The van der Waals surface area contributed by atoms with E-state index in [0.717, 1.165) is 42.9 Å². The highest BCUT2D eigenvalue weighted by Gasteiger charge is 2.50. The highest BCUT2D eigenvalue weighted by molar-refractivity contribution is 7.81. The molecule has 4 aliphatic rings. The lowest BCUT2D eigenvalue weighted by Crippen LogP contribution is -2.58. The number of nitriles is 1. The largest absolute Gasteiger partial charge is 0.492 e. The van der Waals surface area contributed by atoms with Crippen molar-refractivity contribution in [1.29, 1.82) is 5.26 Å². The number of rotatable bonds is 12. The van der Waals surface area contributed by atoms with Crippen molar-refractivity contribution in [2.45, 2.75) is 83.0 Å². The van der Waals surface area contributed by atoms with Crippen LogP contribution in [0.4, 0.5) is 27.1 Å². The van der Waals surface area contributed by atoms with Crippen molar-refractivity contribution in [3.63, 3.8) is 0 Å². The third-order valence-corrected chi connectivity index (χ3v) is 11.9. The van der Waals surface area contributed by atoms with Crippen LogP contribution in [-0.4, -0.2) is 95.0 Å². The molecule has 4 fully saturated rings. The summed E-state index contributed by atoms with van der Waals surface area (Å²) in [5, 5.41) is 17.9. The second-order valence-corrected chi connectivity index (χ2v) is 16.8. The minimum absolute atomic E-state index is 0.0586. The highest BCUT2D eigenvalue weighted by atomic mass is 35.5. The quantitative estimate of drug-likeness (QED) is 0.151. The van der Waals surface area contributed by atoms with Crippen LogP contribution in [0.25, 0.3) is 0 Å². The Balaban J connectivity index is 0.937. The molecule has 4 amide bonds. The van der Waals surface area contributed by atoms with Crippen LogP contribution in [0.3, 0.4) is 0 Å². The summed E-state index contributed by atoms with van der Waals surface area (Å²) in [4.78, 5) is 58.4. The number of nitrogens with zero attached hydrogens (tertiary/aromatic N) is 5. The second-order valence-electron chi connectivity index (χ2n) is 16.0. The van der Waals surface area contributed by atoms with Crippen LogP contribution in [-0.2, 0) is 19.2 Å². The van der Waals surface area contributed by atoms with Crippen LogP contribution in [0.5, 0.6) is 5.75 Å². The number of hydrogen-bond acceptors (Lipinski definition) is 10. The van der Waals surface area contributed by atoms with Crippen molar-refractivity contribution in [3.05, 3.63) is 76.6 Å².